The number of hydrogen-bond donors (Lipinski definition) is 3. The molecule has 1 heterocycles. The van der Waals surface area contributed by atoms with Crippen LogP contribution in [-0.2, 0) is 27.7 Å². The van der Waals surface area contributed by atoms with Crippen molar-refractivity contribution in [2.75, 3.05) is 0 Å². The molecule has 9 heteroatoms. The number of rotatable bonds is 9. The highest BCUT2D eigenvalue weighted by atomic mass is 32.2. The van der Waals surface area contributed by atoms with Gasteiger partial charge in [0.25, 0.3) is 10.0 Å². The third-order valence-electron chi connectivity index (χ3n) is 5.65. The lowest BCUT2D eigenvalue weighted by atomic mass is 9.84. The Morgan fingerprint density at radius 3 is 2.75 bits per heavy atom. The third kappa shape index (κ3) is 5.51. The van der Waals surface area contributed by atoms with Gasteiger partial charge >= 0.3 is 0 Å². The van der Waals surface area contributed by atoms with Crippen LogP contribution in [0.25, 0.3) is 0 Å². The van der Waals surface area contributed by atoms with Crippen molar-refractivity contribution in [1.82, 2.24) is 9.71 Å². The summed E-state index contributed by atoms with van der Waals surface area (Å²) in [5, 5.41) is 21.8. The van der Waals surface area contributed by atoms with E-state index >= 15 is 0 Å². The summed E-state index contributed by atoms with van der Waals surface area (Å²) in [7, 11) is -4.40. The van der Waals surface area contributed by atoms with E-state index in [-0.39, 0.29) is 40.0 Å². The number of phenolic OH excluding ortho intramolecular Hbond substituents is 2. The summed E-state index contributed by atoms with van der Waals surface area (Å²) in [6.45, 7) is 4.00. The normalized spacial score (nSPS) is 16.6. The van der Waals surface area contributed by atoms with Crippen molar-refractivity contribution >= 4 is 15.9 Å². The van der Waals surface area contributed by atoms with E-state index in [9.17, 15) is 23.4 Å². The number of phenols is 2. The summed E-state index contributed by atoms with van der Waals surface area (Å²) < 4.78 is 33.5. The number of aryl methyl sites for hydroxylation is 1. The smallest absolute Gasteiger partial charge is 0.268 e. The number of oxazole rings is 1. The summed E-state index contributed by atoms with van der Waals surface area (Å²) in [5.41, 5.74) is 1.59. The summed E-state index contributed by atoms with van der Waals surface area (Å²) in [6.07, 6.45) is 9.56. The Morgan fingerprint density at radius 1 is 1.31 bits per heavy atom. The molecule has 8 nitrogen and oxygen atoms in total. The van der Waals surface area contributed by atoms with Crippen LogP contribution in [0.3, 0.4) is 0 Å². The highest BCUT2D eigenvalue weighted by Crippen LogP contribution is 2.45. The summed E-state index contributed by atoms with van der Waals surface area (Å²) >= 11 is 0. The molecule has 32 heavy (non-hydrogen) atoms. The van der Waals surface area contributed by atoms with Gasteiger partial charge in [-0.3, -0.25) is 4.79 Å². The first-order chi connectivity index (χ1) is 15.2. The van der Waals surface area contributed by atoms with Crippen molar-refractivity contribution in [2.45, 2.75) is 76.0 Å². The number of sulfonamides is 1. The molecule has 1 aromatic carbocycles. The van der Waals surface area contributed by atoms with Crippen LogP contribution >= 0.6 is 0 Å². The molecule has 1 unspecified atom stereocenters. The fourth-order valence-corrected chi connectivity index (χ4v) is 5.52. The Morgan fingerprint density at radius 2 is 2.09 bits per heavy atom. The lowest BCUT2D eigenvalue weighted by Crippen LogP contribution is -2.32. The number of nitrogens with zero attached hydrogens (tertiary/aromatic N) is 1. The van der Waals surface area contributed by atoms with Gasteiger partial charge in [-0.1, -0.05) is 31.4 Å². The average Bonchev–Trinajstić information content (AvgIpc) is 3.20. The van der Waals surface area contributed by atoms with Crippen LogP contribution in [0.4, 0.5) is 0 Å². The van der Waals surface area contributed by atoms with Crippen LogP contribution in [0, 0.1) is 0 Å². The van der Waals surface area contributed by atoms with E-state index in [2.05, 4.69) is 4.98 Å². The third-order valence-corrected chi connectivity index (χ3v) is 7.14. The molecule has 3 N–H and O–H groups in total. The second-order valence-corrected chi connectivity index (χ2v) is 9.87. The van der Waals surface area contributed by atoms with Crippen molar-refractivity contribution in [3.63, 3.8) is 0 Å². The van der Waals surface area contributed by atoms with E-state index in [1.54, 1.807) is 0 Å². The number of benzene rings is 1. The molecule has 1 aromatic heterocycles. The Hall–Kier alpha value is -2.81. The minimum Gasteiger partial charge on any atom is -0.507 e. The summed E-state index contributed by atoms with van der Waals surface area (Å²) in [5.74, 6) is -1.67. The van der Waals surface area contributed by atoms with Crippen LogP contribution in [0.15, 0.2) is 39.5 Å². The molecule has 0 fully saturated rings. The molecule has 0 radical (unpaired) electrons. The van der Waals surface area contributed by atoms with Gasteiger partial charge in [0.15, 0.2) is 0 Å². The van der Waals surface area contributed by atoms with Gasteiger partial charge in [0.05, 0.1) is 6.20 Å². The molecule has 3 rings (SSSR count). The lowest BCUT2D eigenvalue weighted by Gasteiger charge is -2.24. The minimum absolute atomic E-state index is 0.0827. The van der Waals surface area contributed by atoms with Crippen LogP contribution in [0.2, 0.25) is 0 Å². The summed E-state index contributed by atoms with van der Waals surface area (Å²) in [6, 6.07) is 1.41. The topological polar surface area (TPSA) is 130 Å². The molecule has 1 aliphatic rings. The Kier molecular flexibility index (Phi) is 7.60. The molecule has 174 valence electrons. The molecule has 0 aliphatic heterocycles. The summed E-state index contributed by atoms with van der Waals surface area (Å²) in [4.78, 5) is 15.8. The quantitative estimate of drug-likeness (QED) is 0.378. The molecule has 2 aromatic rings. The van der Waals surface area contributed by atoms with E-state index in [1.165, 1.54) is 18.5 Å². The van der Waals surface area contributed by atoms with Gasteiger partial charge < -0.3 is 14.6 Å². The first-order valence-corrected chi connectivity index (χ1v) is 12.4. The highest BCUT2D eigenvalue weighted by Gasteiger charge is 2.32. The van der Waals surface area contributed by atoms with Crippen molar-refractivity contribution < 1.29 is 27.8 Å². The number of allylic oxidation sites excluding steroid dienone is 2. The SMILES string of the molecule is CCCCCc1cc(O)c(C2C=C(C)CCC2)c(O)c1S(=O)(=O)NC(=O)Cc1ncco1. The van der Waals surface area contributed by atoms with Crippen LogP contribution < -0.4 is 4.72 Å². The van der Waals surface area contributed by atoms with Gasteiger partial charge in [-0.2, -0.15) is 0 Å². The highest BCUT2D eigenvalue weighted by molar-refractivity contribution is 7.90. The maximum atomic E-state index is 13.2. The fraction of sp³-hybridized carbons (Fsp3) is 0.478. The Labute approximate surface area is 188 Å². The maximum Gasteiger partial charge on any atom is 0.268 e. The fourth-order valence-electron chi connectivity index (χ4n) is 4.17. The van der Waals surface area contributed by atoms with Gasteiger partial charge in [0, 0.05) is 11.5 Å². The monoisotopic (exact) mass is 462 g/mol. The molecule has 0 bridgehead atoms. The predicted molar refractivity (Wildman–Crippen MR) is 119 cm³/mol. The molecular weight excluding hydrogens is 432 g/mol. The number of unbranched alkanes of at least 4 members (excludes halogenated alkanes) is 2. The van der Waals surface area contributed by atoms with Crippen molar-refractivity contribution in [1.29, 1.82) is 0 Å². The van der Waals surface area contributed by atoms with Gasteiger partial charge in [-0.15, -0.1) is 0 Å². The number of carbonyl (C=O) groups excluding carboxylic acids is 1. The first-order valence-electron chi connectivity index (χ1n) is 10.9. The van der Waals surface area contributed by atoms with Crippen LogP contribution in [-0.4, -0.2) is 29.5 Å². The largest absolute Gasteiger partial charge is 0.507 e. The zero-order valence-electron chi connectivity index (χ0n) is 18.4. The maximum absolute atomic E-state index is 13.2. The number of carbonyl (C=O) groups is 1. The molecule has 1 aliphatic carbocycles. The Balaban J connectivity index is 2.02. The van der Waals surface area contributed by atoms with Gasteiger partial charge in [0.1, 0.15) is 29.1 Å². The van der Waals surface area contributed by atoms with Gasteiger partial charge in [-0.25, -0.2) is 18.1 Å². The second kappa shape index (κ2) is 10.2. The number of aromatic hydroxyl groups is 2. The van der Waals surface area contributed by atoms with E-state index < -0.39 is 21.7 Å². The van der Waals surface area contributed by atoms with Crippen molar-refractivity contribution in [3.8, 4) is 11.5 Å². The number of aromatic nitrogens is 1. The lowest BCUT2D eigenvalue weighted by molar-refractivity contribution is -0.119. The molecule has 1 atom stereocenters. The minimum atomic E-state index is -4.40. The zero-order valence-corrected chi connectivity index (χ0v) is 19.2. The molecule has 1 amide bonds. The van der Waals surface area contributed by atoms with Crippen molar-refractivity contribution in [2.24, 2.45) is 0 Å². The number of hydrogen-bond acceptors (Lipinski definition) is 7. The van der Waals surface area contributed by atoms with E-state index in [0.29, 0.717) is 19.3 Å². The van der Waals surface area contributed by atoms with Gasteiger partial charge in [0.2, 0.25) is 11.8 Å². The second-order valence-electron chi connectivity index (χ2n) is 8.25. The molecule has 0 spiro atoms. The molecule has 0 saturated carbocycles. The van der Waals surface area contributed by atoms with Crippen LogP contribution in [0.5, 0.6) is 11.5 Å². The first kappa shape index (κ1) is 23.8. The van der Waals surface area contributed by atoms with Crippen LogP contribution in [0.1, 0.15) is 75.3 Å². The standard InChI is InChI=1S/C23H30N2O6S/c1-3-4-5-8-17-13-18(26)21(16-9-6-7-15(2)12-16)22(28)23(17)32(29,30)25-19(27)14-20-24-10-11-31-20/h10-13,16,26,28H,3-9,14H2,1-2H3,(H,25,27). The van der Waals surface area contributed by atoms with Gasteiger partial charge in [-0.05, 0) is 50.7 Å². The predicted octanol–water partition coefficient (Wildman–Crippen LogP) is 4.08. The number of amides is 1. The number of nitrogens with one attached hydrogen (secondary N) is 1. The van der Waals surface area contributed by atoms with E-state index in [0.717, 1.165) is 31.3 Å². The van der Waals surface area contributed by atoms with E-state index in [1.807, 2.05) is 24.6 Å². The average molecular weight is 463 g/mol. The molecular formula is C23H30N2O6S. The molecule has 0 saturated heterocycles. The Bertz CT molecular complexity index is 1090. The van der Waals surface area contributed by atoms with Crippen molar-refractivity contribution in [3.05, 3.63) is 47.2 Å². The van der Waals surface area contributed by atoms with E-state index in [4.69, 9.17) is 4.42 Å². The zero-order chi connectivity index (χ0) is 23.3.